The van der Waals surface area contributed by atoms with E-state index in [2.05, 4.69) is 29.1 Å². The molecule has 0 unspecified atom stereocenters. The standard InChI is InChI=1S/C14H20N2O4S.C6H9NS/c1-5-11-9(4)16-14(21-11)15-8-10(12(17)19-6-2)13(18)20-7-3;1-3-6-5(2)7-4-8-6/h8H,5-7H2,1-4H3,(H,15,16);4H,3H2,1-2H3. The molecule has 9 heteroatoms. The molecule has 0 amide bonds. The van der Waals surface area contributed by atoms with Crippen molar-refractivity contribution in [2.24, 2.45) is 0 Å². The van der Waals surface area contributed by atoms with Gasteiger partial charge in [0.05, 0.1) is 30.1 Å². The molecule has 0 aliphatic heterocycles. The molecule has 160 valence electrons. The van der Waals surface area contributed by atoms with Crippen molar-refractivity contribution in [2.45, 2.75) is 54.4 Å². The minimum absolute atomic E-state index is 0.176. The summed E-state index contributed by atoms with van der Waals surface area (Å²) < 4.78 is 9.69. The average Bonchev–Trinajstić information content (AvgIpc) is 3.27. The second kappa shape index (κ2) is 13.1. The van der Waals surface area contributed by atoms with Gasteiger partial charge in [-0.15, -0.1) is 22.7 Å². The Morgan fingerprint density at radius 2 is 1.59 bits per heavy atom. The van der Waals surface area contributed by atoms with Crippen LogP contribution in [0.3, 0.4) is 0 Å². The van der Waals surface area contributed by atoms with Crippen LogP contribution in [0, 0.1) is 13.8 Å². The molecule has 0 aliphatic carbocycles. The molecule has 0 aromatic carbocycles. The van der Waals surface area contributed by atoms with Crippen molar-refractivity contribution in [2.75, 3.05) is 18.5 Å². The third kappa shape index (κ3) is 7.94. The van der Waals surface area contributed by atoms with Crippen molar-refractivity contribution < 1.29 is 19.1 Å². The number of hydrogen-bond donors (Lipinski definition) is 1. The van der Waals surface area contributed by atoms with Crippen LogP contribution in [0.2, 0.25) is 0 Å². The maximum absolute atomic E-state index is 11.8. The number of ether oxygens (including phenoxy) is 2. The van der Waals surface area contributed by atoms with Crippen LogP contribution in [0.1, 0.15) is 48.8 Å². The lowest BCUT2D eigenvalue weighted by Gasteiger charge is -2.06. The second-order valence-corrected chi connectivity index (χ2v) is 7.76. The molecule has 29 heavy (non-hydrogen) atoms. The highest BCUT2D eigenvalue weighted by Crippen LogP contribution is 2.23. The van der Waals surface area contributed by atoms with Gasteiger partial charge in [0.25, 0.3) is 0 Å². The molecule has 2 aromatic rings. The summed E-state index contributed by atoms with van der Waals surface area (Å²) in [5, 5.41) is 3.48. The van der Waals surface area contributed by atoms with Crippen LogP contribution in [0.5, 0.6) is 0 Å². The van der Waals surface area contributed by atoms with Gasteiger partial charge in [0.2, 0.25) is 0 Å². The van der Waals surface area contributed by atoms with E-state index in [1.54, 1.807) is 25.2 Å². The second-order valence-electron chi connectivity index (χ2n) is 5.74. The Hall–Kier alpha value is -2.26. The van der Waals surface area contributed by atoms with Crippen molar-refractivity contribution in [1.29, 1.82) is 0 Å². The summed E-state index contributed by atoms with van der Waals surface area (Å²) in [6.07, 6.45) is 3.29. The van der Waals surface area contributed by atoms with Gasteiger partial charge in [0, 0.05) is 16.0 Å². The average molecular weight is 440 g/mol. The lowest BCUT2D eigenvalue weighted by molar-refractivity contribution is -0.146. The van der Waals surface area contributed by atoms with E-state index >= 15 is 0 Å². The minimum atomic E-state index is -0.715. The van der Waals surface area contributed by atoms with Gasteiger partial charge in [0.1, 0.15) is 0 Å². The van der Waals surface area contributed by atoms with Crippen LogP contribution < -0.4 is 5.32 Å². The van der Waals surface area contributed by atoms with E-state index in [0.717, 1.165) is 23.4 Å². The normalized spacial score (nSPS) is 9.86. The predicted octanol–water partition coefficient (Wildman–Crippen LogP) is 4.45. The fourth-order valence-electron chi connectivity index (χ4n) is 2.24. The minimum Gasteiger partial charge on any atom is -0.462 e. The number of anilines is 1. The summed E-state index contributed by atoms with van der Waals surface area (Å²) in [4.78, 5) is 34.5. The molecule has 0 spiro atoms. The van der Waals surface area contributed by atoms with E-state index in [-0.39, 0.29) is 18.8 Å². The van der Waals surface area contributed by atoms with Crippen molar-refractivity contribution in [3.05, 3.63) is 38.4 Å². The molecule has 2 heterocycles. The number of hydrogen-bond acceptors (Lipinski definition) is 9. The quantitative estimate of drug-likeness (QED) is 0.281. The summed E-state index contributed by atoms with van der Waals surface area (Å²) in [5.41, 5.74) is 3.85. The molecular weight excluding hydrogens is 410 g/mol. The molecule has 1 N–H and O–H groups in total. The van der Waals surface area contributed by atoms with Gasteiger partial charge in [-0.25, -0.2) is 19.6 Å². The first-order chi connectivity index (χ1) is 13.9. The topological polar surface area (TPSA) is 90.4 Å². The Balaban J connectivity index is 0.000000436. The molecule has 0 aliphatic rings. The monoisotopic (exact) mass is 439 g/mol. The first-order valence-electron chi connectivity index (χ1n) is 9.53. The molecule has 0 radical (unpaired) electrons. The fraction of sp³-hybridized carbons (Fsp3) is 0.500. The zero-order valence-electron chi connectivity index (χ0n) is 17.8. The number of carbonyl (C=O) groups is 2. The lowest BCUT2D eigenvalue weighted by atomic mass is 10.3. The van der Waals surface area contributed by atoms with Crippen molar-refractivity contribution >= 4 is 39.7 Å². The zero-order chi connectivity index (χ0) is 21.8. The van der Waals surface area contributed by atoms with Gasteiger partial charge < -0.3 is 14.8 Å². The van der Waals surface area contributed by atoms with Crippen LogP contribution in [-0.4, -0.2) is 35.1 Å². The first kappa shape index (κ1) is 24.8. The maximum Gasteiger partial charge on any atom is 0.347 e. The number of nitrogens with one attached hydrogen (secondary N) is 1. The first-order valence-corrected chi connectivity index (χ1v) is 11.2. The third-order valence-corrected chi connectivity index (χ3v) is 6.02. The van der Waals surface area contributed by atoms with Crippen molar-refractivity contribution in [3.8, 4) is 0 Å². The molecular formula is C20H29N3O4S2. The van der Waals surface area contributed by atoms with Crippen LogP contribution >= 0.6 is 22.7 Å². The smallest absolute Gasteiger partial charge is 0.347 e. The number of rotatable bonds is 8. The maximum atomic E-state index is 11.8. The molecule has 7 nitrogen and oxygen atoms in total. The van der Waals surface area contributed by atoms with Gasteiger partial charge in [-0.05, 0) is 40.5 Å². The van der Waals surface area contributed by atoms with Gasteiger partial charge in [-0.1, -0.05) is 13.8 Å². The van der Waals surface area contributed by atoms with E-state index < -0.39 is 11.9 Å². The van der Waals surface area contributed by atoms with Crippen LogP contribution in [0.25, 0.3) is 0 Å². The summed E-state index contributed by atoms with van der Waals surface area (Å²) in [6, 6.07) is 0. The van der Waals surface area contributed by atoms with Gasteiger partial charge in [-0.3, -0.25) is 0 Å². The lowest BCUT2D eigenvalue weighted by Crippen LogP contribution is -2.19. The number of nitrogens with zero attached hydrogens (tertiary/aromatic N) is 2. The summed E-state index contributed by atoms with van der Waals surface area (Å²) in [5.74, 6) is -1.43. The number of thiazole rings is 2. The van der Waals surface area contributed by atoms with Crippen LogP contribution in [-0.2, 0) is 31.9 Å². The van der Waals surface area contributed by atoms with E-state index in [4.69, 9.17) is 9.47 Å². The van der Waals surface area contributed by atoms with Crippen molar-refractivity contribution in [1.82, 2.24) is 9.97 Å². The fourth-order valence-corrected chi connectivity index (χ4v) is 3.84. The molecule has 0 atom stereocenters. The molecule has 0 saturated heterocycles. The number of aromatic nitrogens is 2. The van der Waals surface area contributed by atoms with Crippen molar-refractivity contribution in [3.63, 3.8) is 0 Å². The van der Waals surface area contributed by atoms with Crippen LogP contribution in [0.15, 0.2) is 17.3 Å². The van der Waals surface area contributed by atoms with E-state index in [0.29, 0.717) is 5.13 Å². The van der Waals surface area contributed by atoms with E-state index in [1.165, 1.54) is 28.1 Å². The van der Waals surface area contributed by atoms with Gasteiger partial charge in [-0.2, -0.15) is 0 Å². The highest BCUT2D eigenvalue weighted by atomic mass is 32.1. The van der Waals surface area contributed by atoms with E-state index in [9.17, 15) is 9.59 Å². The van der Waals surface area contributed by atoms with Gasteiger partial charge in [0.15, 0.2) is 10.7 Å². The Kier molecular flexibility index (Phi) is 11.2. The third-order valence-electron chi connectivity index (χ3n) is 3.71. The highest BCUT2D eigenvalue weighted by Gasteiger charge is 2.21. The predicted molar refractivity (Wildman–Crippen MR) is 117 cm³/mol. The van der Waals surface area contributed by atoms with Crippen LogP contribution in [0.4, 0.5) is 5.13 Å². The number of esters is 2. The molecule has 0 saturated carbocycles. The number of aryl methyl sites for hydroxylation is 4. The molecule has 2 aromatic heterocycles. The molecule has 0 bridgehead atoms. The Labute approximate surface area is 180 Å². The number of carbonyl (C=O) groups excluding carboxylic acids is 2. The molecule has 2 rings (SSSR count). The zero-order valence-corrected chi connectivity index (χ0v) is 19.5. The Morgan fingerprint density at radius 3 is 1.97 bits per heavy atom. The summed E-state index contributed by atoms with van der Waals surface area (Å²) in [6.45, 7) is 11.9. The SMILES string of the molecule is CCOC(=O)C(=CNc1nc(C)c(CC)s1)C(=O)OCC.CCc1scnc1C. The van der Waals surface area contributed by atoms with E-state index in [1.807, 2.05) is 19.4 Å². The Bertz CT molecular complexity index is 808. The van der Waals surface area contributed by atoms with Gasteiger partial charge >= 0.3 is 11.9 Å². The summed E-state index contributed by atoms with van der Waals surface area (Å²) in [7, 11) is 0. The molecule has 0 fully saturated rings. The highest BCUT2D eigenvalue weighted by molar-refractivity contribution is 7.15. The summed E-state index contributed by atoms with van der Waals surface area (Å²) >= 11 is 3.22. The largest absolute Gasteiger partial charge is 0.462 e. The Morgan fingerprint density at radius 1 is 1.00 bits per heavy atom.